The van der Waals surface area contributed by atoms with Gasteiger partial charge >= 0.3 is 0 Å². The standard InChI is InChI=1S/C22H23ClP.BrH/c23-18-10-11-19-24(20-12-4-1-5-13-20,21-14-6-2-7-15-21)22-16-8-3-9-17-22;/h1-9,12-17H,10-11,18-19H2;1H/q+1;/p-1. The van der Waals surface area contributed by atoms with Crippen LogP contribution in [0.3, 0.4) is 0 Å². The summed E-state index contributed by atoms with van der Waals surface area (Å²) >= 11 is 5.98. The van der Waals surface area contributed by atoms with Gasteiger partial charge in [0.25, 0.3) is 0 Å². The van der Waals surface area contributed by atoms with Gasteiger partial charge in [0, 0.05) is 5.88 Å². The van der Waals surface area contributed by atoms with E-state index in [-0.39, 0.29) is 17.0 Å². The fourth-order valence-corrected chi connectivity index (χ4v) is 7.92. The average Bonchev–Trinajstić information content (AvgIpc) is 2.68. The van der Waals surface area contributed by atoms with Crippen LogP contribution in [-0.2, 0) is 0 Å². The lowest BCUT2D eigenvalue weighted by Gasteiger charge is -2.27. The van der Waals surface area contributed by atoms with Crippen LogP contribution in [-0.4, -0.2) is 12.0 Å². The molecule has 0 spiro atoms. The van der Waals surface area contributed by atoms with Gasteiger partial charge in [0.2, 0.25) is 0 Å². The third-order valence-corrected chi connectivity index (χ3v) is 9.26. The molecule has 0 fully saturated rings. The first-order chi connectivity index (χ1) is 11.9. The van der Waals surface area contributed by atoms with E-state index >= 15 is 0 Å². The summed E-state index contributed by atoms with van der Waals surface area (Å²) in [5.74, 6) is 0.734. The van der Waals surface area contributed by atoms with Gasteiger partial charge in [-0.05, 0) is 49.2 Å². The van der Waals surface area contributed by atoms with E-state index in [2.05, 4.69) is 91.0 Å². The van der Waals surface area contributed by atoms with E-state index in [9.17, 15) is 0 Å². The van der Waals surface area contributed by atoms with Crippen molar-refractivity contribution < 1.29 is 17.0 Å². The normalized spacial score (nSPS) is 10.9. The zero-order valence-electron chi connectivity index (χ0n) is 14.2. The van der Waals surface area contributed by atoms with Gasteiger partial charge in [-0.25, -0.2) is 0 Å². The molecule has 130 valence electrons. The van der Waals surface area contributed by atoms with Crippen LogP contribution in [0.15, 0.2) is 91.0 Å². The van der Waals surface area contributed by atoms with Crippen LogP contribution in [0.1, 0.15) is 12.8 Å². The smallest absolute Gasteiger partial charge is 0.112 e. The van der Waals surface area contributed by atoms with E-state index < -0.39 is 7.26 Å². The second-order valence-electron chi connectivity index (χ2n) is 5.94. The highest BCUT2D eigenvalue weighted by molar-refractivity contribution is 7.95. The first-order valence-corrected chi connectivity index (χ1v) is 11.0. The minimum Gasteiger partial charge on any atom is -1.00 e. The molecule has 0 aliphatic rings. The molecule has 0 unspecified atom stereocenters. The predicted octanol–water partition coefficient (Wildman–Crippen LogP) is 2.00. The number of unbranched alkanes of at least 4 members (excludes halogenated alkanes) is 1. The fourth-order valence-electron chi connectivity index (χ4n) is 3.33. The van der Waals surface area contributed by atoms with Crippen LogP contribution >= 0.6 is 18.9 Å². The van der Waals surface area contributed by atoms with E-state index in [1.54, 1.807) is 0 Å². The molecular formula is C22H23BrClP. The largest absolute Gasteiger partial charge is 1.00 e. The lowest BCUT2D eigenvalue weighted by Crippen LogP contribution is -3.00. The zero-order chi connectivity index (χ0) is 16.7. The summed E-state index contributed by atoms with van der Waals surface area (Å²) in [7, 11) is -1.64. The third kappa shape index (κ3) is 4.53. The minimum absolute atomic E-state index is 0. The van der Waals surface area contributed by atoms with Crippen molar-refractivity contribution >= 4 is 34.8 Å². The van der Waals surface area contributed by atoms with Crippen molar-refractivity contribution in [3.05, 3.63) is 91.0 Å². The van der Waals surface area contributed by atoms with E-state index in [0.29, 0.717) is 0 Å². The van der Waals surface area contributed by atoms with Crippen molar-refractivity contribution in [2.24, 2.45) is 0 Å². The highest BCUT2D eigenvalue weighted by Gasteiger charge is 2.44. The predicted molar refractivity (Wildman–Crippen MR) is 110 cm³/mol. The molecule has 0 bridgehead atoms. The number of rotatable bonds is 7. The van der Waals surface area contributed by atoms with Gasteiger partial charge in [-0.3, -0.25) is 0 Å². The number of halogens is 2. The Hall–Kier alpha value is -1.14. The molecule has 0 atom stereocenters. The van der Waals surface area contributed by atoms with Gasteiger partial charge in [-0.1, -0.05) is 54.6 Å². The molecule has 0 radical (unpaired) electrons. The summed E-state index contributed by atoms with van der Waals surface area (Å²) in [5.41, 5.74) is 0. The number of alkyl halides is 1. The lowest BCUT2D eigenvalue weighted by atomic mass is 10.3. The van der Waals surface area contributed by atoms with Crippen LogP contribution in [0, 0.1) is 0 Å². The SMILES string of the molecule is ClCCCC[P+](c1ccccc1)(c1ccccc1)c1ccccc1.[Br-]. The Kier molecular flexibility index (Phi) is 8.16. The molecule has 0 saturated heterocycles. The maximum Gasteiger partial charge on any atom is 0.112 e. The van der Waals surface area contributed by atoms with Crippen LogP contribution in [0.25, 0.3) is 0 Å². The number of benzene rings is 3. The minimum atomic E-state index is -1.64. The quantitative estimate of drug-likeness (QED) is 0.304. The van der Waals surface area contributed by atoms with E-state index in [0.717, 1.165) is 24.9 Å². The van der Waals surface area contributed by atoms with Gasteiger partial charge in [-0.15, -0.1) is 11.6 Å². The van der Waals surface area contributed by atoms with Crippen molar-refractivity contribution in [3.63, 3.8) is 0 Å². The topological polar surface area (TPSA) is 0 Å². The number of hydrogen-bond donors (Lipinski definition) is 0. The Morgan fingerprint density at radius 2 is 0.920 bits per heavy atom. The Morgan fingerprint density at radius 3 is 1.24 bits per heavy atom. The molecule has 0 nitrogen and oxygen atoms in total. The molecule has 0 aliphatic carbocycles. The Bertz CT molecular complexity index is 635. The van der Waals surface area contributed by atoms with Gasteiger partial charge in [0.05, 0.1) is 6.16 Å². The molecule has 0 N–H and O–H groups in total. The highest BCUT2D eigenvalue weighted by atomic mass is 79.9. The second-order valence-corrected chi connectivity index (χ2v) is 9.93. The molecule has 0 amide bonds. The van der Waals surface area contributed by atoms with Crippen molar-refractivity contribution in [1.82, 2.24) is 0 Å². The summed E-state index contributed by atoms with van der Waals surface area (Å²) in [6.07, 6.45) is 3.38. The lowest BCUT2D eigenvalue weighted by molar-refractivity contribution is -0.00000461. The maximum atomic E-state index is 5.98. The third-order valence-electron chi connectivity index (χ3n) is 4.47. The monoisotopic (exact) mass is 432 g/mol. The van der Waals surface area contributed by atoms with Gasteiger partial charge in [-0.2, -0.15) is 0 Å². The summed E-state index contributed by atoms with van der Waals surface area (Å²) in [4.78, 5) is 0. The molecule has 0 aliphatic heterocycles. The van der Waals surface area contributed by atoms with Crippen molar-refractivity contribution in [1.29, 1.82) is 0 Å². The first-order valence-electron chi connectivity index (χ1n) is 8.49. The molecule has 0 heterocycles. The van der Waals surface area contributed by atoms with Crippen molar-refractivity contribution in [2.45, 2.75) is 12.8 Å². The molecule has 3 aromatic rings. The summed E-state index contributed by atoms with van der Waals surface area (Å²) < 4.78 is 0. The van der Waals surface area contributed by atoms with Crippen LogP contribution < -0.4 is 32.9 Å². The molecular weight excluding hydrogens is 411 g/mol. The second kappa shape index (κ2) is 10.1. The van der Waals surface area contributed by atoms with E-state index in [4.69, 9.17) is 11.6 Å². The molecule has 3 heteroatoms. The zero-order valence-corrected chi connectivity index (χ0v) is 17.4. The Labute approximate surface area is 167 Å². The van der Waals surface area contributed by atoms with Crippen LogP contribution in [0.2, 0.25) is 0 Å². The number of hydrogen-bond acceptors (Lipinski definition) is 0. The van der Waals surface area contributed by atoms with E-state index in [1.807, 2.05) is 0 Å². The van der Waals surface area contributed by atoms with Gasteiger partial charge in [0.1, 0.15) is 23.2 Å². The van der Waals surface area contributed by atoms with Gasteiger partial charge < -0.3 is 17.0 Å². The van der Waals surface area contributed by atoms with Crippen molar-refractivity contribution in [3.8, 4) is 0 Å². The van der Waals surface area contributed by atoms with E-state index in [1.165, 1.54) is 15.9 Å². The summed E-state index contributed by atoms with van der Waals surface area (Å²) in [6, 6.07) is 33.1. The molecule has 25 heavy (non-hydrogen) atoms. The summed E-state index contributed by atoms with van der Waals surface area (Å²) in [6.45, 7) is 0. The molecule has 3 aromatic carbocycles. The molecule has 0 saturated carbocycles. The first kappa shape index (κ1) is 20.2. The Morgan fingerprint density at radius 1 is 0.560 bits per heavy atom. The van der Waals surface area contributed by atoms with Crippen LogP contribution in [0.4, 0.5) is 0 Å². The highest BCUT2D eigenvalue weighted by Crippen LogP contribution is 2.55. The van der Waals surface area contributed by atoms with Gasteiger partial charge in [0.15, 0.2) is 0 Å². The van der Waals surface area contributed by atoms with Crippen LogP contribution in [0.5, 0.6) is 0 Å². The Balaban J connectivity index is 0.00000225. The average molecular weight is 434 g/mol. The maximum absolute atomic E-state index is 5.98. The molecule has 0 aromatic heterocycles. The fraction of sp³-hybridized carbons (Fsp3) is 0.182. The summed E-state index contributed by atoms with van der Waals surface area (Å²) in [5, 5.41) is 4.37. The molecule has 3 rings (SSSR count). The van der Waals surface area contributed by atoms with Crippen molar-refractivity contribution in [2.75, 3.05) is 12.0 Å².